The molecule has 0 aliphatic rings. The van der Waals surface area contributed by atoms with Crippen LogP contribution in [0.2, 0.25) is 5.02 Å². The number of anilines is 1. The fourth-order valence-corrected chi connectivity index (χ4v) is 2.31. The van der Waals surface area contributed by atoms with E-state index in [1.807, 2.05) is 0 Å². The molecule has 132 valence electrons. The molecule has 0 saturated heterocycles. The van der Waals surface area contributed by atoms with E-state index in [9.17, 15) is 4.39 Å². The predicted octanol–water partition coefficient (Wildman–Crippen LogP) is -2.41. The monoisotopic (exact) mass is 503 g/mol. The minimum Gasteiger partial charge on any atom is -0.763 e. The molecule has 2 rings (SSSR count). The van der Waals surface area contributed by atoms with Gasteiger partial charge in [0.1, 0.15) is 5.75 Å². The number of halogens is 3. The van der Waals surface area contributed by atoms with Gasteiger partial charge in [-0.1, -0.05) is 33.6 Å². The number of hydrogen-bond donors (Lipinski definition) is 1. The van der Waals surface area contributed by atoms with Crippen molar-refractivity contribution in [1.29, 1.82) is 0 Å². The first-order valence-corrected chi connectivity index (χ1v) is 9.83. The van der Waals surface area contributed by atoms with Crippen LogP contribution in [0.3, 0.4) is 0 Å². The number of nitrogen functional groups attached to an aromatic ring is 1. The van der Waals surface area contributed by atoms with Crippen LogP contribution in [-0.4, -0.2) is 17.5 Å². The quantitative estimate of drug-likeness (QED) is 0.216. The van der Waals surface area contributed by atoms with Gasteiger partial charge in [0, 0.05) is 29.7 Å². The van der Waals surface area contributed by atoms with E-state index < -0.39 is 26.0 Å². The van der Waals surface area contributed by atoms with Crippen molar-refractivity contribution >= 4 is 53.4 Å². The summed E-state index contributed by atoms with van der Waals surface area (Å²) in [6, 6.07) is 8.20. The molecular formula is C13H10BrClFNNa2O5S2. The number of benzene rings is 2. The summed E-state index contributed by atoms with van der Waals surface area (Å²) >= 11 is 9.18. The molecule has 2 aromatic rings. The van der Waals surface area contributed by atoms with Crippen LogP contribution in [0.25, 0.3) is 0 Å². The first kappa shape index (κ1) is 29.2. The van der Waals surface area contributed by atoms with Crippen molar-refractivity contribution in [3.05, 3.63) is 51.2 Å². The molecule has 0 aliphatic carbocycles. The minimum atomic E-state index is -2.95. The number of ether oxygens (including phenoxy) is 1. The zero-order valence-corrected chi connectivity index (χ0v) is 21.9. The molecule has 0 bridgehead atoms. The van der Waals surface area contributed by atoms with Gasteiger partial charge in [0.05, 0.1) is 5.69 Å². The summed E-state index contributed by atoms with van der Waals surface area (Å²) in [6.45, 7) is 1.65. The third-order valence-electron chi connectivity index (χ3n) is 2.49. The average molecular weight is 505 g/mol. The SMILES string of the molecule is Cc1ccc(N)c(Oc2cc(Cl)cc(Br)c2)c1F.O=S([O-])S(=O)[O-].[Na+].[Na+]. The second-order valence-electron chi connectivity index (χ2n) is 4.23. The Bertz CT molecular complexity index is 771. The molecule has 0 saturated carbocycles. The van der Waals surface area contributed by atoms with Gasteiger partial charge < -0.3 is 19.6 Å². The predicted molar refractivity (Wildman–Crippen MR) is 92.6 cm³/mol. The Morgan fingerprint density at radius 1 is 1.15 bits per heavy atom. The van der Waals surface area contributed by atoms with Crippen LogP contribution in [0.1, 0.15) is 5.56 Å². The van der Waals surface area contributed by atoms with E-state index in [1.165, 1.54) is 0 Å². The Morgan fingerprint density at radius 3 is 2.15 bits per heavy atom. The van der Waals surface area contributed by atoms with E-state index in [0.717, 1.165) is 4.47 Å². The van der Waals surface area contributed by atoms with Crippen molar-refractivity contribution in [2.45, 2.75) is 6.92 Å². The molecule has 0 aromatic heterocycles. The van der Waals surface area contributed by atoms with Crippen molar-refractivity contribution in [1.82, 2.24) is 0 Å². The maximum atomic E-state index is 13.9. The zero-order chi connectivity index (χ0) is 18.4. The number of hydrogen-bond acceptors (Lipinski definition) is 6. The first-order valence-electron chi connectivity index (χ1n) is 5.99. The van der Waals surface area contributed by atoms with Gasteiger partial charge >= 0.3 is 59.1 Å². The normalized spacial score (nSPS) is 11.8. The van der Waals surface area contributed by atoms with Crippen molar-refractivity contribution in [2.75, 3.05) is 5.73 Å². The topological polar surface area (TPSA) is 116 Å². The molecule has 0 spiro atoms. The van der Waals surface area contributed by atoms with Crippen LogP contribution in [0, 0.1) is 12.7 Å². The minimum absolute atomic E-state index is 0. The largest absolute Gasteiger partial charge is 1.00 e. The maximum absolute atomic E-state index is 13.9. The maximum Gasteiger partial charge on any atom is 1.00 e. The Morgan fingerprint density at radius 2 is 1.69 bits per heavy atom. The molecular weight excluding hydrogens is 495 g/mol. The van der Waals surface area contributed by atoms with Crippen LogP contribution in [0.5, 0.6) is 11.5 Å². The van der Waals surface area contributed by atoms with Crippen molar-refractivity contribution in [3.63, 3.8) is 0 Å². The summed E-state index contributed by atoms with van der Waals surface area (Å²) in [5, 5.41) is 0.492. The van der Waals surface area contributed by atoms with E-state index in [2.05, 4.69) is 15.9 Å². The van der Waals surface area contributed by atoms with E-state index in [-0.39, 0.29) is 70.6 Å². The average Bonchev–Trinajstić information content (AvgIpc) is 2.47. The van der Waals surface area contributed by atoms with Gasteiger partial charge in [0.2, 0.25) is 0 Å². The van der Waals surface area contributed by atoms with Gasteiger partial charge in [0.15, 0.2) is 11.6 Å². The molecule has 2 unspecified atom stereocenters. The zero-order valence-electron chi connectivity index (χ0n) is 14.0. The summed E-state index contributed by atoms with van der Waals surface area (Å²) < 4.78 is 56.5. The molecule has 2 aromatic carbocycles. The molecule has 2 N–H and O–H groups in total. The first-order chi connectivity index (χ1) is 11.1. The second kappa shape index (κ2) is 14.0. The third-order valence-corrected chi connectivity index (χ3v) is 4.05. The van der Waals surface area contributed by atoms with Crippen LogP contribution < -0.4 is 69.6 Å². The standard InChI is InChI=1S/C13H10BrClFNO.2Na.H2O4S2/c1-7-2-3-11(17)13(12(7)16)18-10-5-8(14)4-9(15)6-10;;;1-5(2)6(3)4/h2-6H,17H2,1H3;;;(H,1,2)(H,3,4)/q;2*+1;/p-2. The van der Waals surface area contributed by atoms with E-state index in [0.29, 0.717) is 16.3 Å². The summed E-state index contributed by atoms with van der Waals surface area (Å²) in [5.41, 5.74) is 6.42. The van der Waals surface area contributed by atoms with Gasteiger partial charge in [-0.25, -0.2) is 4.39 Å². The molecule has 13 heteroatoms. The molecule has 0 amide bonds. The summed E-state index contributed by atoms with van der Waals surface area (Å²) in [6.07, 6.45) is 0. The molecule has 0 heterocycles. The van der Waals surface area contributed by atoms with E-state index in [1.54, 1.807) is 37.3 Å². The van der Waals surface area contributed by atoms with Crippen LogP contribution in [0.15, 0.2) is 34.8 Å². The van der Waals surface area contributed by atoms with Crippen molar-refractivity contribution < 1.29 is 85.8 Å². The fourth-order valence-electron chi connectivity index (χ4n) is 1.48. The molecule has 26 heavy (non-hydrogen) atoms. The van der Waals surface area contributed by atoms with Gasteiger partial charge in [-0.3, -0.25) is 8.42 Å². The Balaban J connectivity index is 0. The van der Waals surface area contributed by atoms with Crippen molar-refractivity contribution in [2.24, 2.45) is 0 Å². The summed E-state index contributed by atoms with van der Waals surface area (Å²) in [4.78, 5) is 0. The van der Waals surface area contributed by atoms with Gasteiger partial charge in [-0.05, 0) is 36.8 Å². The van der Waals surface area contributed by atoms with Gasteiger partial charge in [-0.2, -0.15) is 0 Å². The third kappa shape index (κ3) is 9.94. The number of rotatable bonds is 3. The molecule has 2 atom stereocenters. The van der Waals surface area contributed by atoms with Crippen molar-refractivity contribution in [3.8, 4) is 11.5 Å². The molecule has 0 aliphatic heterocycles. The summed E-state index contributed by atoms with van der Waals surface area (Å²) in [5.74, 6) is -0.0270. The fraction of sp³-hybridized carbons (Fsp3) is 0.0769. The Labute approximate surface area is 212 Å². The second-order valence-corrected chi connectivity index (χ2v) is 8.03. The molecule has 0 radical (unpaired) electrons. The van der Waals surface area contributed by atoms with E-state index >= 15 is 0 Å². The van der Waals surface area contributed by atoms with E-state index in [4.69, 9.17) is 39.6 Å². The van der Waals surface area contributed by atoms with Crippen LogP contribution >= 0.6 is 27.5 Å². The Kier molecular flexibility index (Phi) is 15.7. The number of aryl methyl sites for hydroxylation is 1. The van der Waals surface area contributed by atoms with Crippen LogP contribution in [0.4, 0.5) is 10.1 Å². The van der Waals surface area contributed by atoms with Gasteiger partial charge in [0.25, 0.3) is 0 Å². The van der Waals surface area contributed by atoms with Crippen LogP contribution in [-0.2, 0) is 20.2 Å². The number of nitrogens with two attached hydrogens (primary N) is 1. The smallest absolute Gasteiger partial charge is 0.763 e. The Hall–Kier alpha value is 0.960. The molecule has 0 fully saturated rings. The summed E-state index contributed by atoms with van der Waals surface area (Å²) in [7, 11) is -5.90. The van der Waals surface area contributed by atoms with Gasteiger partial charge in [-0.15, -0.1) is 0 Å². The molecule has 6 nitrogen and oxygen atoms in total.